The number of aromatic nitrogens is 2. The zero-order valence-electron chi connectivity index (χ0n) is 7.33. The van der Waals surface area contributed by atoms with Gasteiger partial charge in [-0.1, -0.05) is 0 Å². The van der Waals surface area contributed by atoms with Gasteiger partial charge in [-0.25, -0.2) is 4.98 Å². The van der Waals surface area contributed by atoms with Crippen molar-refractivity contribution in [3.8, 4) is 0 Å². The number of hydrogen-bond acceptors (Lipinski definition) is 2. The normalized spacial score (nSPS) is 12.0. The first-order valence-electron chi connectivity index (χ1n) is 3.86. The van der Waals surface area contributed by atoms with Gasteiger partial charge in [0.05, 0.1) is 5.54 Å². The summed E-state index contributed by atoms with van der Waals surface area (Å²) >= 11 is 0. The van der Waals surface area contributed by atoms with Crippen LogP contribution < -0.4 is 5.73 Å². The number of rotatable bonds is 2. The van der Waals surface area contributed by atoms with Crippen LogP contribution >= 0.6 is 0 Å². The summed E-state index contributed by atoms with van der Waals surface area (Å²) in [4.78, 5) is 4.20. The van der Waals surface area contributed by atoms with E-state index < -0.39 is 0 Å². The van der Waals surface area contributed by atoms with Crippen molar-refractivity contribution in [3.05, 3.63) is 18.2 Å². The lowest BCUT2D eigenvalue weighted by Gasteiger charge is -2.18. The van der Waals surface area contributed by atoms with Crippen molar-refractivity contribution in [2.24, 2.45) is 5.73 Å². The molecule has 1 heterocycles. The van der Waals surface area contributed by atoms with Gasteiger partial charge in [0.15, 0.2) is 0 Å². The molecule has 0 aliphatic heterocycles. The molecular weight excluding hydrogens is 138 g/mol. The van der Waals surface area contributed by atoms with Crippen molar-refractivity contribution >= 4 is 0 Å². The minimum Gasteiger partial charge on any atom is -0.334 e. The van der Waals surface area contributed by atoms with E-state index in [9.17, 15) is 0 Å². The van der Waals surface area contributed by atoms with Crippen molar-refractivity contribution < 1.29 is 0 Å². The molecule has 0 aliphatic rings. The maximum absolute atomic E-state index is 5.89. The molecule has 1 rings (SSSR count). The average molecular weight is 153 g/mol. The van der Waals surface area contributed by atoms with Gasteiger partial charge >= 0.3 is 0 Å². The summed E-state index contributed by atoms with van der Waals surface area (Å²) in [5.41, 5.74) is 5.56. The van der Waals surface area contributed by atoms with Gasteiger partial charge in [-0.2, -0.15) is 0 Å². The fourth-order valence-corrected chi connectivity index (χ4v) is 1.12. The van der Waals surface area contributed by atoms with E-state index in [1.54, 1.807) is 6.20 Å². The van der Waals surface area contributed by atoms with Crippen LogP contribution in [0.5, 0.6) is 0 Å². The second kappa shape index (κ2) is 2.66. The van der Waals surface area contributed by atoms with Crippen LogP contribution in [0.2, 0.25) is 0 Å². The van der Waals surface area contributed by atoms with Crippen molar-refractivity contribution in [2.45, 2.75) is 32.9 Å². The van der Waals surface area contributed by atoms with Crippen LogP contribution in [0.25, 0.3) is 0 Å². The highest BCUT2D eigenvalue weighted by Crippen LogP contribution is 2.13. The lowest BCUT2D eigenvalue weighted by Crippen LogP contribution is -2.32. The lowest BCUT2D eigenvalue weighted by atomic mass is 10.1. The van der Waals surface area contributed by atoms with Crippen LogP contribution in [0.1, 0.15) is 26.6 Å². The third kappa shape index (κ3) is 1.60. The SMILES string of the molecule is CCn1ccnc1C(C)(C)N. The van der Waals surface area contributed by atoms with Crippen molar-refractivity contribution in [2.75, 3.05) is 0 Å². The molecule has 2 N–H and O–H groups in total. The summed E-state index contributed by atoms with van der Waals surface area (Å²) in [6.45, 7) is 6.93. The quantitative estimate of drug-likeness (QED) is 0.691. The van der Waals surface area contributed by atoms with Crippen LogP contribution in [0, 0.1) is 0 Å². The van der Waals surface area contributed by atoms with Crippen molar-refractivity contribution in [1.82, 2.24) is 9.55 Å². The molecule has 0 amide bonds. The predicted octanol–water partition coefficient (Wildman–Crippen LogP) is 1.10. The Hall–Kier alpha value is -0.830. The van der Waals surface area contributed by atoms with Crippen molar-refractivity contribution in [1.29, 1.82) is 0 Å². The number of nitrogens with two attached hydrogens (primary N) is 1. The van der Waals surface area contributed by atoms with Crippen LogP contribution in [-0.2, 0) is 12.1 Å². The molecular formula is C8H15N3. The van der Waals surface area contributed by atoms with E-state index in [4.69, 9.17) is 5.73 Å². The summed E-state index contributed by atoms with van der Waals surface area (Å²) in [5.74, 6) is 0.944. The maximum atomic E-state index is 5.89. The van der Waals surface area contributed by atoms with E-state index in [1.807, 2.05) is 20.0 Å². The first-order chi connectivity index (χ1) is 5.05. The Morgan fingerprint density at radius 2 is 2.27 bits per heavy atom. The zero-order chi connectivity index (χ0) is 8.48. The molecule has 3 nitrogen and oxygen atoms in total. The summed E-state index contributed by atoms with van der Waals surface area (Å²) in [6.07, 6.45) is 3.73. The Balaban J connectivity index is 3.02. The van der Waals surface area contributed by atoms with Gasteiger partial charge in [0.2, 0.25) is 0 Å². The fraction of sp³-hybridized carbons (Fsp3) is 0.625. The Morgan fingerprint density at radius 3 is 2.64 bits per heavy atom. The van der Waals surface area contributed by atoms with Gasteiger partial charge in [0.1, 0.15) is 5.82 Å². The molecule has 0 unspecified atom stereocenters. The zero-order valence-corrected chi connectivity index (χ0v) is 7.33. The fourth-order valence-electron chi connectivity index (χ4n) is 1.12. The van der Waals surface area contributed by atoms with Crippen LogP contribution in [0.3, 0.4) is 0 Å². The molecule has 1 aromatic rings. The Bertz CT molecular complexity index is 232. The summed E-state index contributed by atoms with van der Waals surface area (Å²) in [6, 6.07) is 0. The Morgan fingerprint density at radius 1 is 1.64 bits per heavy atom. The molecule has 0 saturated heterocycles. The lowest BCUT2D eigenvalue weighted by molar-refractivity contribution is 0.481. The van der Waals surface area contributed by atoms with Gasteiger partial charge < -0.3 is 10.3 Å². The van der Waals surface area contributed by atoms with E-state index in [2.05, 4.69) is 16.5 Å². The largest absolute Gasteiger partial charge is 0.334 e. The van der Waals surface area contributed by atoms with Crippen molar-refractivity contribution in [3.63, 3.8) is 0 Å². The molecule has 0 atom stereocenters. The maximum Gasteiger partial charge on any atom is 0.128 e. The van der Waals surface area contributed by atoms with Gasteiger partial charge in [-0.15, -0.1) is 0 Å². The topological polar surface area (TPSA) is 43.8 Å². The molecule has 3 heteroatoms. The minimum absolute atomic E-state index is 0.334. The average Bonchev–Trinajstić information content (AvgIpc) is 2.31. The molecule has 1 aromatic heterocycles. The number of hydrogen-bond donors (Lipinski definition) is 1. The summed E-state index contributed by atoms with van der Waals surface area (Å²) in [5, 5.41) is 0. The van der Waals surface area contributed by atoms with Crippen LogP contribution in [0.15, 0.2) is 12.4 Å². The second-order valence-electron chi connectivity index (χ2n) is 3.26. The molecule has 0 fully saturated rings. The van der Waals surface area contributed by atoms with E-state index >= 15 is 0 Å². The molecule has 11 heavy (non-hydrogen) atoms. The Kier molecular flexibility index (Phi) is 2.00. The first kappa shape index (κ1) is 8.27. The molecule has 0 aromatic carbocycles. The van der Waals surface area contributed by atoms with E-state index in [0.717, 1.165) is 12.4 Å². The van der Waals surface area contributed by atoms with Gasteiger partial charge in [-0.3, -0.25) is 0 Å². The van der Waals surface area contributed by atoms with Gasteiger partial charge in [-0.05, 0) is 20.8 Å². The monoisotopic (exact) mass is 153 g/mol. The van der Waals surface area contributed by atoms with Gasteiger partial charge in [0.25, 0.3) is 0 Å². The standard InChI is InChI=1S/C8H15N3/c1-4-11-6-5-10-7(11)8(2,3)9/h5-6H,4,9H2,1-3H3. The molecule has 0 aliphatic carbocycles. The van der Waals surface area contributed by atoms with Crippen LogP contribution in [-0.4, -0.2) is 9.55 Å². The van der Waals surface area contributed by atoms with Crippen LogP contribution in [0.4, 0.5) is 0 Å². The van der Waals surface area contributed by atoms with E-state index in [1.165, 1.54) is 0 Å². The predicted molar refractivity (Wildman–Crippen MR) is 45.1 cm³/mol. The molecule has 62 valence electrons. The molecule has 0 saturated carbocycles. The second-order valence-corrected chi connectivity index (χ2v) is 3.26. The number of nitrogens with zero attached hydrogens (tertiary/aromatic N) is 2. The van der Waals surface area contributed by atoms with E-state index in [-0.39, 0.29) is 5.54 Å². The number of imidazole rings is 1. The van der Waals surface area contributed by atoms with Gasteiger partial charge in [0, 0.05) is 18.9 Å². The third-order valence-electron chi connectivity index (χ3n) is 1.63. The van der Waals surface area contributed by atoms with E-state index in [0.29, 0.717) is 0 Å². The molecule has 0 radical (unpaired) electrons. The highest BCUT2D eigenvalue weighted by Gasteiger charge is 2.18. The highest BCUT2D eigenvalue weighted by atomic mass is 15.1. The minimum atomic E-state index is -0.334. The highest BCUT2D eigenvalue weighted by molar-refractivity contribution is 5.03. The molecule has 0 bridgehead atoms. The summed E-state index contributed by atoms with van der Waals surface area (Å²) < 4.78 is 2.06. The first-order valence-corrected chi connectivity index (χ1v) is 3.86. The molecule has 0 spiro atoms. The Labute approximate surface area is 67.2 Å². The summed E-state index contributed by atoms with van der Waals surface area (Å²) in [7, 11) is 0. The number of aryl methyl sites for hydroxylation is 1. The third-order valence-corrected chi connectivity index (χ3v) is 1.63. The smallest absolute Gasteiger partial charge is 0.128 e.